The Morgan fingerprint density at radius 2 is 2.10 bits per heavy atom. The van der Waals surface area contributed by atoms with Crippen LogP contribution in [0.15, 0.2) is 53.1 Å². The van der Waals surface area contributed by atoms with Gasteiger partial charge in [-0.15, -0.1) is 11.3 Å². The minimum absolute atomic E-state index is 0.0462. The highest BCUT2D eigenvalue weighted by Crippen LogP contribution is 2.33. The lowest BCUT2D eigenvalue weighted by molar-refractivity contribution is 0.0603. The van der Waals surface area contributed by atoms with Crippen LogP contribution in [-0.4, -0.2) is 33.4 Å². The summed E-state index contributed by atoms with van der Waals surface area (Å²) in [6.07, 6.45) is 5.37. The van der Waals surface area contributed by atoms with Crippen molar-refractivity contribution in [3.8, 4) is 10.4 Å². The van der Waals surface area contributed by atoms with Gasteiger partial charge in [-0.25, -0.2) is 9.37 Å². The predicted molar refractivity (Wildman–Crippen MR) is 119 cm³/mol. The number of carbonyl (C=O) groups excluding carboxylic acids is 1. The van der Waals surface area contributed by atoms with E-state index in [0.717, 1.165) is 51.6 Å². The molecule has 5 nitrogen and oxygen atoms in total. The zero-order valence-corrected chi connectivity index (χ0v) is 18.0. The van der Waals surface area contributed by atoms with Crippen LogP contribution < -0.4 is 0 Å². The van der Waals surface area contributed by atoms with Crippen LogP contribution in [0, 0.1) is 12.7 Å². The van der Waals surface area contributed by atoms with Crippen LogP contribution in [0.4, 0.5) is 4.39 Å². The number of likely N-dealkylation sites (tertiary alicyclic amines) is 1. The van der Waals surface area contributed by atoms with E-state index >= 15 is 0 Å². The van der Waals surface area contributed by atoms with Crippen molar-refractivity contribution in [1.82, 2.24) is 14.9 Å². The summed E-state index contributed by atoms with van der Waals surface area (Å²) in [5.74, 6) is 0.475. The van der Waals surface area contributed by atoms with Gasteiger partial charge < -0.3 is 9.32 Å². The molecule has 0 saturated carbocycles. The molecule has 1 aromatic carbocycles. The zero-order chi connectivity index (χ0) is 21.4. The van der Waals surface area contributed by atoms with Gasteiger partial charge in [0.05, 0.1) is 9.88 Å². The van der Waals surface area contributed by atoms with Gasteiger partial charge in [-0.3, -0.25) is 9.78 Å². The number of benzene rings is 1. The van der Waals surface area contributed by atoms with E-state index in [1.165, 1.54) is 23.5 Å². The van der Waals surface area contributed by atoms with Gasteiger partial charge in [0.25, 0.3) is 5.91 Å². The number of hydrogen-bond acceptors (Lipinski definition) is 5. The van der Waals surface area contributed by atoms with Crippen LogP contribution in [0.3, 0.4) is 0 Å². The first-order valence-corrected chi connectivity index (χ1v) is 11.3. The van der Waals surface area contributed by atoms with Crippen molar-refractivity contribution in [2.75, 3.05) is 6.54 Å². The molecule has 4 heterocycles. The number of pyridine rings is 1. The average molecular weight is 436 g/mol. The molecular formula is C24H22FN3O2S. The van der Waals surface area contributed by atoms with Crippen molar-refractivity contribution < 1.29 is 13.6 Å². The standard InChI is InChI=1S/C24H22FN3O2S/c1-15-27-22(23(31-15)16-7-9-17(25)10-8-16)24(29)28-12-3-2-5-18(28)13-19-14-20-21(30-19)6-4-11-26-20/h4,6-11,14,18H,2-3,5,12-13H2,1H3. The average Bonchev–Trinajstić information content (AvgIpc) is 3.37. The lowest BCUT2D eigenvalue weighted by atomic mass is 9.97. The van der Waals surface area contributed by atoms with E-state index in [-0.39, 0.29) is 17.8 Å². The summed E-state index contributed by atoms with van der Waals surface area (Å²) in [7, 11) is 0. The van der Waals surface area contributed by atoms with Crippen LogP contribution >= 0.6 is 11.3 Å². The van der Waals surface area contributed by atoms with Crippen LogP contribution in [-0.2, 0) is 6.42 Å². The molecule has 1 saturated heterocycles. The van der Waals surface area contributed by atoms with Crippen molar-refractivity contribution in [1.29, 1.82) is 0 Å². The summed E-state index contributed by atoms with van der Waals surface area (Å²) in [6.45, 7) is 2.59. The largest absolute Gasteiger partial charge is 0.459 e. The van der Waals surface area contributed by atoms with Crippen molar-refractivity contribution >= 4 is 28.3 Å². The smallest absolute Gasteiger partial charge is 0.274 e. The van der Waals surface area contributed by atoms with Crippen molar-refractivity contribution in [3.63, 3.8) is 0 Å². The summed E-state index contributed by atoms with van der Waals surface area (Å²) >= 11 is 1.47. The van der Waals surface area contributed by atoms with Gasteiger partial charge in [-0.05, 0) is 56.0 Å². The van der Waals surface area contributed by atoms with Crippen LogP contribution in [0.5, 0.6) is 0 Å². The van der Waals surface area contributed by atoms with Crippen molar-refractivity contribution in [2.45, 2.75) is 38.6 Å². The number of thiazole rings is 1. The van der Waals surface area contributed by atoms with E-state index in [0.29, 0.717) is 18.7 Å². The number of halogens is 1. The topological polar surface area (TPSA) is 59.2 Å². The van der Waals surface area contributed by atoms with Crippen molar-refractivity contribution in [2.24, 2.45) is 0 Å². The van der Waals surface area contributed by atoms with Crippen molar-refractivity contribution in [3.05, 3.63) is 70.9 Å². The number of piperidine rings is 1. The molecule has 1 aliphatic heterocycles. The highest BCUT2D eigenvalue weighted by atomic mass is 32.1. The third-order valence-electron chi connectivity index (χ3n) is 5.71. The Bertz CT molecular complexity index is 1200. The first kappa shape index (κ1) is 19.9. The van der Waals surface area contributed by atoms with Gasteiger partial charge in [0.15, 0.2) is 5.58 Å². The first-order valence-electron chi connectivity index (χ1n) is 10.5. The van der Waals surface area contributed by atoms with Crippen LogP contribution in [0.1, 0.15) is 40.5 Å². The number of furan rings is 1. The molecule has 3 aromatic heterocycles. The molecule has 5 rings (SSSR count). The fraction of sp³-hybridized carbons (Fsp3) is 0.292. The number of aromatic nitrogens is 2. The molecule has 0 radical (unpaired) electrons. The second-order valence-electron chi connectivity index (χ2n) is 7.87. The molecule has 0 N–H and O–H groups in total. The Morgan fingerprint density at radius 3 is 2.90 bits per heavy atom. The molecule has 1 unspecified atom stereocenters. The lowest BCUT2D eigenvalue weighted by Crippen LogP contribution is -2.45. The summed E-state index contributed by atoms with van der Waals surface area (Å²) < 4.78 is 19.4. The van der Waals surface area contributed by atoms with Gasteiger partial charge in [0.2, 0.25) is 0 Å². The highest BCUT2D eigenvalue weighted by Gasteiger charge is 2.31. The first-order chi connectivity index (χ1) is 15.1. The molecule has 1 aliphatic rings. The lowest BCUT2D eigenvalue weighted by Gasteiger charge is -2.35. The molecule has 0 spiro atoms. The maximum atomic E-state index is 13.6. The van der Waals surface area contributed by atoms with Crippen LogP contribution in [0.25, 0.3) is 21.5 Å². The molecular weight excluding hydrogens is 413 g/mol. The molecule has 158 valence electrons. The third-order valence-corrected chi connectivity index (χ3v) is 6.73. The van der Waals surface area contributed by atoms with E-state index in [2.05, 4.69) is 9.97 Å². The zero-order valence-electron chi connectivity index (χ0n) is 17.2. The predicted octanol–water partition coefficient (Wildman–Crippen LogP) is 5.64. The molecule has 31 heavy (non-hydrogen) atoms. The number of hydrogen-bond donors (Lipinski definition) is 0. The normalized spacial score (nSPS) is 16.7. The molecule has 0 aliphatic carbocycles. The summed E-state index contributed by atoms with van der Waals surface area (Å²) in [5.41, 5.74) is 2.86. The minimum atomic E-state index is -0.297. The van der Waals surface area contributed by atoms with E-state index < -0.39 is 0 Å². The molecule has 0 bridgehead atoms. The SMILES string of the molecule is Cc1nc(C(=O)N2CCCCC2Cc2cc3ncccc3o2)c(-c2ccc(F)cc2)s1. The molecule has 1 atom stereocenters. The Hall–Kier alpha value is -3.06. The number of nitrogens with zero attached hydrogens (tertiary/aromatic N) is 3. The Kier molecular flexibility index (Phi) is 5.28. The maximum absolute atomic E-state index is 13.6. The Morgan fingerprint density at radius 1 is 1.26 bits per heavy atom. The number of aryl methyl sites for hydroxylation is 1. The number of fused-ring (bicyclic) bond motifs is 1. The van der Waals surface area contributed by atoms with Gasteiger partial charge in [-0.1, -0.05) is 12.1 Å². The number of rotatable bonds is 4. The summed E-state index contributed by atoms with van der Waals surface area (Å²) in [6, 6.07) is 12.0. The minimum Gasteiger partial charge on any atom is -0.459 e. The summed E-state index contributed by atoms with van der Waals surface area (Å²) in [5, 5.41) is 0.819. The maximum Gasteiger partial charge on any atom is 0.274 e. The van der Waals surface area contributed by atoms with Gasteiger partial charge in [-0.2, -0.15) is 0 Å². The quantitative estimate of drug-likeness (QED) is 0.416. The fourth-order valence-corrected chi connectivity index (χ4v) is 5.15. The van der Waals surface area contributed by atoms with E-state index in [4.69, 9.17) is 4.42 Å². The Labute approximate surface area is 183 Å². The molecule has 1 fully saturated rings. The van der Waals surface area contributed by atoms with E-state index in [9.17, 15) is 9.18 Å². The Balaban J connectivity index is 1.44. The van der Waals surface area contributed by atoms with Crippen LogP contribution in [0.2, 0.25) is 0 Å². The fourth-order valence-electron chi connectivity index (χ4n) is 4.24. The molecule has 7 heteroatoms. The highest BCUT2D eigenvalue weighted by molar-refractivity contribution is 7.15. The van der Waals surface area contributed by atoms with Gasteiger partial charge in [0.1, 0.15) is 22.8 Å². The van der Waals surface area contributed by atoms with E-state index in [1.807, 2.05) is 30.0 Å². The van der Waals surface area contributed by atoms with Gasteiger partial charge >= 0.3 is 0 Å². The summed E-state index contributed by atoms with van der Waals surface area (Å²) in [4.78, 5) is 25.2. The number of amides is 1. The monoisotopic (exact) mass is 435 g/mol. The second-order valence-corrected chi connectivity index (χ2v) is 9.07. The second kappa shape index (κ2) is 8.23. The molecule has 1 amide bonds. The van der Waals surface area contributed by atoms with Gasteiger partial charge in [0, 0.05) is 31.3 Å². The van der Waals surface area contributed by atoms with E-state index in [1.54, 1.807) is 18.3 Å². The molecule has 4 aromatic rings. The number of carbonyl (C=O) groups is 1. The third kappa shape index (κ3) is 3.97.